The molecule has 0 amide bonds. The number of methoxy groups -OCH3 is 1. The fraction of sp³-hybridized carbons (Fsp3) is 0.562. The van der Waals surface area contributed by atoms with E-state index >= 15 is 0 Å². The molecule has 1 fully saturated rings. The Bertz CT molecular complexity index is 476. The molecular formula is C16H25N3O2. The lowest BCUT2D eigenvalue weighted by molar-refractivity contribution is 0.123. The van der Waals surface area contributed by atoms with Crippen LogP contribution in [0.4, 0.5) is 0 Å². The molecule has 5 nitrogen and oxygen atoms in total. The SMILES string of the molecule is CN=C(NCCOCc1ccccc1OC)NC1CC1C. The largest absolute Gasteiger partial charge is 0.496 e. The number of nitrogens with one attached hydrogen (secondary N) is 2. The molecule has 21 heavy (non-hydrogen) atoms. The number of guanidine groups is 1. The van der Waals surface area contributed by atoms with Crippen LogP contribution in [0.5, 0.6) is 5.75 Å². The topological polar surface area (TPSA) is 54.9 Å². The van der Waals surface area contributed by atoms with Crippen molar-refractivity contribution in [3.05, 3.63) is 29.8 Å². The maximum Gasteiger partial charge on any atom is 0.191 e. The normalized spacial score (nSPS) is 21.0. The predicted octanol–water partition coefficient (Wildman–Crippen LogP) is 1.79. The predicted molar refractivity (Wildman–Crippen MR) is 84.7 cm³/mol. The van der Waals surface area contributed by atoms with Crippen LogP contribution in [0.1, 0.15) is 18.9 Å². The first-order chi connectivity index (χ1) is 10.2. The number of rotatable bonds is 7. The molecule has 2 atom stereocenters. The molecule has 2 N–H and O–H groups in total. The molecule has 5 heteroatoms. The summed E-state index contributed by atoms with van der Waals surface area (Å²) in [4.78, 5) is 4.20. The second-order valence-corrected chi connectivity index (χ2v) is 5.33. The molecule has 0 aliphatic heterocycles. The Morgan fingerprint density at radius 1 is 1.38 bits per heavy atom. The van der Waals surface area contributed by atoms with E-state index in [2.05, 4.69) is 22.5 Å². The van der Waals surface area contributed by atoms with Crippen molar-refractivity contribution in [2.24, 2.45) is 10.9 Å². The quantitative estimate of drug-likeness (QED) is 0.457. The third-order valence-electron chi connectivity index (χ3n) is 3.64. The molecule has 2 unspecified atom stereocenters. The van der Waals surface area contributed by atoms with Gasteiger partial charge < -0.3 is 20.1 Å². The van der Waals surface area contributed by atoms with Crippen molar-refractivity contribution in [3.63, 3.8) is 0 Å². The second kappa shape index (κ2) is 7.88. The third-order valence-corrected chi connectivity index (χ3v) is 3.64. The van der Waals surface area contributed by atoms with Crippen LogP contribution in [0.15, 0.2) is 29.3 Å². The third kappa shape index (κ3) is 4.93. The summed E-state index contributed by atoms with van der Waals surface area (Å²) < 4.78 is 11.0. The van der Waals surface area contributed by atoms with E-state index in [0.29, 0.717) is 19.3 Å². The van der Waals surface area contributed by atoms with Crippen LogP contribution in [-0.4, -0.2) is 39.3 Å². The lowest BCUT2D eigenvalue weighted by Gasteiger charge is -2.12. The van der Waals surface area contributed by atoms with Gasteiger partial charge in [-0.25, -0.2) is 0 Å². The van der Waals surface area contributed by atoms with Crippen molar-refractivity contribution in [1.82, 2.24) is 10.6 Å². The Morgan fingerprint density at radius 2 is 2.14 bits per heavy atom. The summed E-state index contributed by atoms with van der Waals surface area (Å²) in [6.07, 6.45) is 1.23. The molecule has 0 saturated heterocycles. The van der Waals surface area contributed by atoms with Crippen LogP contribution < -0.4 is 15.4 Å². The summed E-state index contributed by atoms with van der Waals surface area (Å²) in [5.74, 6) is 2.47. The number of aliphatic imine (C=N–C) groups is 1. The fourth-order valence-electron chi connectivity index (χ4n) is 2.14. The number of hydrogen-bond acceptors (Lipinski definition) is 3. The molecule has 1 aromatic carbocycles. The standard InChI is InChI=1S/C16H25N3O2/c1-12-10-14(12)19-16(17-2)18-8-9-21-11-13-6-4-5-7-15(13)20-3/h4-7,12,14H,8-11H2,1-3H3,(H2,17,18,19). The van der Waals surface area contributed by atoms with Gasteiger partial charge in [0.1, 0.15) is 5.75 Å². The minimum atomic E-state index is 0.553. The monoisotopic (exact) mass is 291 g/mol. The van der Waals surface area contributed by atoms with Gasteiger partial charge in [-0.1, -0.05) is 25.1 Å². The summed E-state index contributed by atoms with van der Waals surface area (Å²) in [5.41, 5.74) is 1.06. The van der Waals surface area contributed by atoms with Gasteiger partial charge in [-0.15, -0.1) is 0 Å². The van der Waals surface area contributed by atoms with Gasteiger partial charge in [-0.3, -0.25) is 4.99 Å². The molecule has 0 heterocycles. The molecule has 0 aromatic heterocycles. The summed E-state index contributed by atoms with van der Waals surface area (Å²) in [6, 6.07) is 8.48. The van der Waals surface area contributed by atoms with E-state index in [-0.39, 0.29) is 0 Å². The van der Waals surface area contributed by atoms with Gasteiger partial charge >= 0.3 is 0 Å². The average Bonchev–Trinajstić information content (AvgIpc) is 3.21. The molecule has 0 spiro atoms. The first-order valence-electron chi connectivity index (χ1n) is 7.41. The maximum atomic E-state index is 5.67. The van der Waals surface area contributed by atoms with Crippen molar-refractivity contribution in [2.45, 2.75) is 26.0 Å². The summed E-state index contributed by atoms with van der Waals surface area (Å²) in [6.45, 7) is 4.15. The molecule has 1 aliphatic rings. The van der Waals surface area contributed by atoms with Crippen LogP contribution >= 0.6 is 0 Å². The van der Waals surface area contributed by atoms with E-state index < -0.39 is 0 Å². The van der Waals surface area contributed by atoms with E-state index in [1.54, 1.807) is 14.2 Å². The van der Waals surface area contributed by atoms with Gasteiger partial charge in [0.15, 0.2) is 5.96 Å². The van der Waals surface area contributed by atoms with Gasteiger partial charge in [0.25, 0.3) is 0 Å². The zero-order valence-corrected chi connectivity index (χ0v) is 13.1. The Morgan fingerprint density at radius 3 is 2.81 bits per heavy atom. The molecule has 0 bridgehead atoms. The zero-order chi connectivity index (χ0) is 15.1. The number of ether oxygens (including phenoxy) is 2. The van der Waals surface area contributed by atoms with Crippen molar-refractivity contribution >= 4 is 5.96 Å². The van der Waals surface area contributed by atoms with Gasteiger partial charge in [0.05, 0.1) is 20.3 Å². The molecule has 116 valence electrons. The van der Waals surface area contributed by atoms with E-state index in [1.807, 2.05) is 24.3 Å². The molecular weight excluding hydrogens is 266 g/mol. The van der Waals surface area contributed by atoms with E-state index in [1.165, 1.54) is 6.42 Å². The zero-order valence-electron chi connectivity index (χ0n) is 13.1. The number of benzene rings is 1. The van der Waals surface area contributed by atoms with Crippen molar-refractivity contribution in [1.29, 1.82) is 0 Å². The molecule has 1 aromatic rings. The van der Waals surface area contributed by atoms with E-state index in [9.17, 15) is 0 Å². The van der Waals surface area contributed by atoms with Crippen LogP contribution in [0.25, 0.3) is 0 Å². The van der Waals surface area contributed by atoms with Gasteiger partial charge in [-0.05, 0) is 18.4 Å². The van der Waals surface area contributed by atoms with Crippen molar-refractivity contribution < 1.29 is 9.47 Å². The summed E-state index contributed by atoms with van der Waals surface area (Å²) >= 11 is 0. The molecule has 2 rings (SSSR count). The molecule has 1 saturated carbocycles. The Kier molecular flexibility index (Phi) is 5.87. The van der Waals surface area contributed by atoms with Gasteiger partial charge in [0.2, 0.25) is 0 Å². The van der Waals surface area contributed by atoms with Crippen LogP contribution in [0.3, 0.4) is 0 Å². The number of hydrogen-bond donors (Lipinski definition) is 2. The second-order valence-electron chi connectivity index (χ2n) is 5.33. The minimum absolute atomic E-state index is 0.553. The fourth-order valence-corrected chi connectivity index (χ4v) is 2.14. The van der Waals surface area contributed by atoms with Crippen LogP contribution in [0.2, 0.25) is 0 Å². The van der Waals surface area contributed by atoms with E-state index in [4.69, 9.17) is 9.47 Å². The molecule has 1 aliphatic carbocycles. The number of nitrogens with zero attached hydrogens (tertiary/aromatic N) is 1. The van der Waals surface area contributed by atoms with Crippen molar-refractivity contribution in [2.75, 3.05) is 27.3 Å². The lowest BCUT2D eigenvalue weighted by atomic mass is 10.2. The van der Waals surface area contributed by atoms with E-state index in [0.717, 1.165) is 29.7 Å². The first-order valence-corrected chi connectivity index (χ1v) is 7.41. The first kappa shape index (κ1) is 15.6. The highest BCUT2D eigenvalue weighted by molar-refractivity contribution is 5.80. The van der Waals surface area contributed by atoms with Gasteiger partial charge in [0, 0.05) is 25.2 Å². The summed E-state index contributed by atoms with van der Waals surface area (Å²) in [7, 11) is 3.47. The highest BCUT2D eigenvalue weighted by Gasteiger charge is 2.33. The average molecular weight is 291 g/mol. The minimum Gasteiger partial charge on any atom is -0.496 e. The Balaban J connectivity index is 1.63. The Labute approximate surface area is 126 Å². The summed E-state index contributed by atoms with van der Waals surface area (Å²) in [5, 5.41) is 6.64. The van der Waals surface area contributed by atoms with Crippen LogP contribution in [-0.2, 0) is 11.3 Å². The maximum absolute atomic E-state index is 5.67. The Hall–Kier alpha value is -1.75. The highest BCUT2D eigenvalue weighted by atomic mass is 16.5. The number of para-hydroxylation sites is 1. The molecule has 0 radical (unpaired) electrons. The lowest BCUT2D eigenvalue weighted by Crippen LogP contribution is -2.40. The van der Waals surface area contributed by atoms with Gasteiger partial charge in [-0.2, -0.15) is 0 Å². The van der Waals surface area contributed by atoms with Crippen LogP contribution in [0, 0.1) is 5.92 Å². The smallest absolute Gasteiger partial charge is 0.191 e. The van der Waals surface area contributed by atoms with Crippen molar-refractivity contribution in [3.8, 4) is 5.75 Å². The highest BCUT2D eigenvalue weighted by Crippen LogP contribution is 2.28.